The number of carboxylic acid groups (broad SMARTS) is 1. The van der Waals surface area contributed by atoms with Gasteiger partial charge in [-0.05, 0) is 34.1 Å². The summed E-state index contributed by atoms with van der Waals surface area (Å²) in [5.41, 5.74) is 4.06. The molecule has 0 rings (SSSR count). The second kappa shape index (κ2) is 6.09. The van der Waals surface area contributed by atoms with E-state index in [1.54, 1.807) is 27.7 Å². The van der Waals surface area contributed by atoms with E-state index in [1.165, 1.54) is 0 Å². The number of rotatable bonds is 7. The van der Waals surface area contributed by atoms with Crippen LogP contribution >= 0.6 is 0 Å². The monoisotopic (exact) mass is 308 g/mol. The number of hydrogen-bond donors (Lipinski definition) is 3. The molecule has 1 unspecified atom stereocenters. The zero-order valence-electron chi connectivity index (χ0n) is 12.6. The molecule has 0 aromatic carbocycles. The summed E-state index contributed by atoms with van der Waals surface area (Å²) in [6.45, 7) is 6.55. The van der Waals surface area contributed by atoms with Crippen LogP contribution in [0.25, 0.3) is 0 Å². The van der Waals surface area contributed by atoms with E-state index in [-0.39, 0.29) is 12.2 Å². The fraction of sp³-hybridized carbons (Fsp3) is 0.833. The van der Waals surface area contributed by atoms with Crippen molar-refractivity contribution >= 4 is 21.7 Å². The average Bonchev–Trinajstić information content (AvgIpc) is 2.20. The summed E-state index contributed by atoms with van der Waals surface area (Å²) in [5, 5.41) is 11.4. The third-order valence-corrected chi connectivity index (χ3v) is 4.54. The number of nitrogens with two attached hydrogens (primary N) is 1. The molecule has 0 fully saturated rings. The van der Waals surface area contributed by atoms with Gasteiger partial charge >= 0.3 is 5.97 Å². The van der Waals surface area contributed by atoms with Gasteiger partial charge in [-0.1, -0.05) is 0 Å². The van der Waals surface area contributed by atoms with Crippen LogP contribution in [-0.2, 0) is 19.4 Å². The molecule has 0 aromatic heterocycles. The Morgan fingerprint density at radius 1 is 1.25 bits per heavy atom. The van der Waals surface area contributed by atoms with Gasteiger partial charge in [0, 0.05) is 11.8 Å². The summed E-state index contributed by atoms with van der Waals surface area (Å²) in [6, 6.07) is -1.25. The Labute approximate surface area is 119 Å². The Balaban J connectivity index is 4.94. The van der Waals surface area contributed by atoms with Gasteiger partial charge in [0.2, 0.25) is 5.91 Å². The molecular weight excluding hydrogens is 284 g/mol. The lowest BCUT2D eigenvalue weighted by Gasteiger charge is -2.37. The van der Waals surface area contributed by atoms with E-state index in [4.69, 9.17) is 10.8 Å². The highest BCUT2D eigenvalue weighted by Gasteiger charge is 2.41. The third kappa shape index (κ3) is 5.46. The number of carbonyl (C=O) groups excluding carboxylic acids is 1. The number of nitrogens with one attached hydrogen (secondary N) is 1. The van der Waals surface area contributed by atoms with Gasteiger partial charge < -0.3 is 16.2 Å². The summed E-state index contributed by atoms with van der Waals surface area (Å²) in [7, 11) is -3.29. The van der Waals surface area contributed by atoms with Crippen LogP contribution in [0, 0.1) is 5.41 Å². The van der Waals surface area contributed by atoms with E-state index in [1.807, 2.05) is 0 Å². The maximum atomic E-state index is 12.1. The molecule has 0 aliphatic heterocycles. The fourth-order valence-electron chi connectivity index (χ4n) is 1.22. The number of aliphatic carboxylic acids is 1. The molecule has 0 heterocycles. The van der Waals surface area contributed by atoms with Gasteiger partial charge in [0.1, 0.15) is 15.9 Å². The molecule has 0 radical (unpaired) electrons. The topological polar surface area (TPSA) is 127 Å². The number of amides is 1. The lowest BCUT2D eigenvalue weighted by atomic mass is 9.74. The molecule has 0 saturated carbocycles. The molecule has 1 atom stereocenters. The minimum Gasteiger partial charge on any atom is -0.480 e. The van der Waals surface area contributed by atoms with Crippen LogP contribution in [0.4, 0.5) is 0 Å². The van der Waals surface area contributed by atoms with E-state index in [9.17, 15) is 18.0 Å². The Bertz CT molecular complexity index is 477. The quantitative estimate of drug-likeness (QED) is 0.595. The molecule has 0 aliphatic carbocycles. The van der Waals surface area contributed by atoms with Crippen molar-refractivity contribution in [3.8, 4) is 0 Å². The SMILES string of the molecule is CC(C)(N)C(C)(C)C(=O)NC(CCS(C)(=O)=O)C(=O)O. The second-order valence-electron chi connectivity index (χ2n) is 6.13. The first-order valence-corrected chi connectivity index (χ1v) is 8.25. The number of sulfone groups is 1. The minimum absolute atomic E-state index is 0.180. The normalized spacial score (nSPS) is 14.7. The fourth-order valence-corrected chi connectivity index (χ4v) is 1.88. The number of carboxylic acids is 1. The molecule has 118 valence electrons. The highest BCUT2D eigenvalue weighted by molar-refractivity contribution is 7.90. The van der Waals surface area contributed by atoms with Crippen molar-refractivity contribution < 1.29 is 23.1 Å². The summed E-state index contributed by atoms with van der Waals surface area (Å²) >= 11 is 0. The Morgan fingerprint density at radius 3 is 2.00 bits per heavy atom. The molecule has 0 spiro atoms. The molecule has 7 nitrogen and oxygen atoms in total. The molecule has 1 amide bonds. The molecular formula is C12H24N2O5S. The van der Waals surface area contributed by atoms with E-state index in [0.29, 0.717) is 0 Å². The lowest BCUT2D eigenvalue weighted by molar-refractivity contribution is -0.144. The van der Waals surface area contributed by atoms with Crippen molar-refractivity contribution in [2.24, 2.45) is 11.1 Å². The molecule has 0 bridgehead atoms. The smallest absolute Gasteiger partial charge is 0.326 e. The van der Waals surface area contributed by atoms with Gasteiger partial charge in [0.15, 0.2) is 0 Å². The van der Waals surface area contributed by atoms with Crippen LogP contribution in [0.5, 0.6) is 0 Å². The van der Waals surface area contributed by atoms with Crippen LogP contribution in [0.1, 0.15) is 34.1 Å². The van der Waals surface area contributed by atoms with Crippen LogP contribution in [0.3, 0.4) is 0 Å². The molecule has 20 heavy (non-hydrogen) atoms. The summed E-state index contributed by atoms with van der Waals surface area (Å²) < 4.78 is 22.1. The van der Waals surface area contributed by atoms with Gasteiger partial charge in [0.05, 0.1) is 11.2 Å². The van der Waals surface area contributed by atoms with Crippen LogP contribution in [-0.4, -0.2) is 49.0 Å². The van der Waals surface area contributed by atoms with Gasteiger partial charge in [-0.2, -0.15) is 0 Å². The van der Waals surface area contributed by atoms with Crippen molar-refractivity contribution in [3.05, 3.63) is 0 Å². The highest BCUT2D eigenvalue weighted by Crippen LogP contribution is 2.28. The Kier molecular flexibility index (Phi) is 5.74. The molecule has 0 aliphatic rings. The van der Waals surface area contributed by atoms with Gasteiger partial charge in [-0.3, -0.25) is 4.79 Å². The van der Waals surface area contributed by atoms with Crippen molar-refractivity contribution in [1.29, 1.82) is 0 Å². The summed E-state index contributed by atoms with van der Waals surface area (Å²) in [4.78, 5) is 23.2. The standard InChI is InChI=1S/C12H24N2O5S/c1-11(2,12(3,4)13)10(17)14-8(9(15)16)6-7-20(5,18)19/h8H,6-7,13H2,1-5H3,(H,14,17)(H,15,16). The van der Waals surface area contributed by atoms with Crippen molar-refractivity contribution in [3.63, 3.8) is 0 Å². The molecule has 8 heteroatoms. The Hall–Kier alpha value is -1.15. The zero-order valence-corrected chi connectivity index (χ0v) is 13.4. The Morgan fingerprint density at radius 2 is 1.70 bits per heavy atom. The van der Waals surface area contributed by atoms with Crippen molar-refractivity contribution in [1.82, 2.24) is 5.32 Å². The molecule has 4 N–H and O–H groups in total. The minimum atomic E-state index is -3.29. The van der Waals surface area contributed by atoms with Gasteiger partial charge in [-0.25, -0.2) is 13.2 Å². The van der Waals surface area contributed by atoms with Gasteiger partial charge in [-0.15, -0.1) is 0 Å². The predicted octanol–water partition coefficient (Wildman–Crippen LogP) is -0.246. The maximum Gasteiger partial charge on any atom is 0.326 e. The average molecular weight is 308 g/mol. The van der Waals surface area contributed by atoms with Crippen LogP contribution < -0.4 is 11.1 Å². The summed E-state index contributed by atoms with van der Waals surface area (Å²) in [5.74, 6) is -2.10. The van der Waals surface area contributed by atoms with Crippen LogP contribution in [0.2, 0.25) is 0 Å². The first-order valence-electron chi connectivity index (χ1n) is 6.19. The number of hydrogen-bond acceptors (Lipinski definition) is 5. The van der Waals surface area contributed by atoms with E-state index in [0.717, 1.165) is 6.26 Å². The van der Waals surface area contributed by atoms with Crippen molar-refractivity contribution in [2.75, 3.05) is 12.0 Å². The molecule has 0 saturated heterocycles. The lowest BCUT2D eigenvalue weighted by Crippen LogP contribution is -2.58. The largest absolute Gasteiger partial charge is 0.480 e. The number of carbonyl (C=O) groups is 2. The third-order valence-electron chi connectivity index (χ3n) is 3.56. The summed E-state index contributed by atoms with van der Waals surface area (Å²) in [6.07, 6.45) is 0.835. The molecule has 0 aromatic rings. The maximum absolute atomic E-state index is 12.1. The second-order valence-corrected chi connectivity index (χ2v) is 8.39. The van der Waals surface area contributed by atoms with Gasteiger partial charge in [0.25, 0.3) is 0 Å². The highest BCUT2D eigenvalue weighted by atomic mass is 32.2. The zero-order chi connectivity index (χ0) is 16.4. The predicted molar refractivity (Wildman–Crippen MR) is 75.9 cm³/mol. The van der Waals surface area contributed by atoms with Crippen molar-refractivity contribution in [2.45, 2.75) is 45.7 Å². The van der Waals surface area contributed by atoms with E-state index >= 15 is 0 Å². The first kappa shape index (κ1) is 18.9. The van der Waals surface area contributed by atoms with E-state index < -0.39 is 38.7 Å². The first-order chi connectivity index (χ1) is 8.68. The van der Waals surface area contributed by atoms with Crippen LogP contribution in [0.15, 0.2) is 0 Å². The van der Waals surface area contributed by atoms with E-state index in [2.05, 4.69) is 5.32 Å².